The Bertz CT molecular complexity index is 715. The molecule has 144 valence electrons. The quantitative estimate of drug-likeness (QED) is 0.709. The van der Waals surface area contributed by atoms with E-state index in [1.165, 1.54) is 11.1 Å². The Morgan fingerprint density at radius 1 is 0.926 bits per heavy atom. The van der Waals surface area contributed by atoms with E-state index in [-0.39, 0.29) is 5.91 Å². The van der Waals surface area contributed by atoms with Gasteiger partial charge in [-0.1, -0.05) is 54.1 Å². The van der Waals surface area contributed by atoms with E-state index < -0.39 is 0 Å². The van der Waals surface area contributed by atoms with E-state index in [2.05, 4.69) is 45.4 Å². The van der Waals surface area contributed by atoms with Gasteiger partial charge < -0.3 is 5.32 Å². The van der Waals surface area contributed by atoms with E-state index in [9.17, 15) is 4.79 Å². The molecule has 4 nitrogen and oxygen atoms in total. The van der Waals surface area contributed by atoms with Crippen LogP contribution in [0.15, 0.2) is 54.6 Å². The predicted molar refractivity (Wildman–Crippen MR) is 111 cm³/mol. The van der Waals surface area contributed by atoms with Crippen molar-refractivity contribution < 1.29 is 4.79 Å². The molecule has 5 heteroatoms. The highest BCUT2D eigenvalue weighted by Gasteiger charge is 2.18. The first kappa shape index (κ1) is 19.9. The molecule has 1 heterocycles. The minimum Gasteiger partial charge on any atom is -0.355 e. The summed E-state index contributed by atoms with van der Waals surface area (Å²) in [5.41, 5.74) is 2.56. The lowest BCUT2D eigenvalue weighted by Gasteiger charge is -2.34. The largest absolute Gasteiger partial charge is 0.355 e. The van der Waals surface area contributed by atoms with Crippen LogP contribution in [0.2, 0.25) is 5.02 Å². The number of rotatable bonds is 8. The van der Waals surface area contributed by atoms with Crippen molar-refractivity contribution in [2.75, 3.05) is 39.3 Å². The minimum atomic E-state index is 0.131. The molecular weight excluding hydrogens is 358 g/mol. The van der Waals surface area contributed by atoms with Gasteiger partial charge in [-0.2, -0.15) is 0 Å². The Kier molecular flexibility index (Phi) is 7.69. The van der Waals surface area contributed by atoms with Crippen LogP contribution in [0.4, 0.5) is 0 Å². The first-order valence-electron chi connectivity index (χ1n) is 9.69. The average molecular weight is 386 g/mol. The Morgan fingerprint density at radius 2 is 1.63 bits per heavy atom. The lowest BCUT2D eigenvalue weighted by Crippen LogP contribution is -2.49. The first-order chi connectivity index (χ1) is 13.2. The third-order valence-corrected chi connectivity index (χ3v) is 5.17. The number of hydrogen-bond acceptors (Lipinski definition) is 3. The monoisotopic (exact) mass is 385 g/mol. The second-order valence-corrected chi connectivity index (χ2v) is 7.56. The number of piperazine rings is 1. The summed E-state index contributed by atoms with van der Waals surface area (Å²) >= 11 is 6.06. The molecule has 0 atom stereocenters. The third-order valence-electron chi connectivity index (χ3n) is 4.93. The van der Waals surface area contributed by atoms with E-state index in [1.54, 1.807) is 0 Å². The van der Waals surface area contributed by atoms with Crippen molar-refractivity contribution in [1.29, 1.82) is 0 Å². The van der Waals surface area contributed by atoms with Crippen molar-refractivity contribution in [3.05, 3.63) is 70.7 Å². The van der Waals surface area contributed by atoms with Crippen LogP contribution in [-0.2, 0) is 17.8 Å². The lowest BCUT2D eigenvalue weighted by molar-refractivity contribution is -0.122. The van der Waals surface area contributed by atoms with Crippen LogP contribution < -0.4 is 5.32 Å². The van der Waals surface area contributed by atoms with Gasteiger partial charge in [-0.25, -0.2) is 0 Å². The van der Waals surface area contributed by atoms with Crippen molar-refractivity contribution in [3.8, 4) is 0 Å². The van der Waals surface area contributed by atoms with Crippen molar-refractivity contribution in [2.24, 2.45) is 0 Å². The maximum Gasteiger partial charge on any atom is 0.234 e. The maximum absolute atomic E-state index is 12.2. The number of nitrogens with zero attached hydrogens (tertiary/aromatic N) is 2. The number of benzene rings is 2. The molecule has 0 aromatic heterocycles. The minimum absolute atomic E-state index is 0.131. The molecular formula is C22H28ClN3O. The fourth-order valence-corrected chi connectivity index (χ4v) is 3.64. The van der Waals surface area contributed by atoms with Gasteiger partial charge in [-0.3, -0.25) is 14.6 Å². The van der Waals surface area contributed by atoms with Crippen LogP contribution in [0.5, 0.6) is 0 Å². The summed E-state index contributed by atoms with van der Waals surface area (Å²) in [7, 11) is 0. The molecule has 0 unspecified atom stereocenters. The molecule has 0 spiro atoms. The van der Waals surface area contributed by atoms with Gasteiger partial charge in [0, 0.05) is 44.3 Å². The van der Waals surface area contributed by atoms with Crippen molar-refractivity contribution >= 4 is 17.5 Å². The number of aryl methyl sites for hydroxylation is 1. The summed E-state index contributed by atoms with van der Waals surface area (Å²) in [5, 5.41) is 3.84. The zero-order valence-corrected chi connectivity index (χ0v) is 16.5. The van der Waals surface area contributed by atoms with E-state index >= 15 is 0 Å². The average Bonchev–Trinajstić information content (AvgIpc) is 2.68. The smallest absolute Gasteiger partial charge is 0.234 e. The van der Waals surface area contributed by atoms with Crippen LogP contribution in [0.1, 0.15) is 17.5 Å². The van der Waals surface area contributed by atoms with Gasteiger partial charge in [0.15, 0.2) is 0 Å². The molecule has 3 rings (SSSR count). The second kappa shape index (κ2) is 10.5. The van der Waals surface area contributed by atoms with Crippen LogP contribution in [-0.4, -0.2) is 55.0 Å². The van der Waals surface area contributed by atoms with E-state index in [4.69, 9.17) is 11.6 Å². The Balaban J connectivity index is 1.30. The summed E-state index contributed by atoms with van der Waals surface area (Å²) in [6.45, 7) is 5.97. The normalized spacial score (nSPS) is 15.6. The topological polar surface area (TPSA) is 35.6 Å². The lowest BCUT2D eigenvalue weighted by atomic mass is 10.1. The van der Waals surface area contributed by atoms with Gasteiger partial charge in [-0.05, 0) is 36.1 Å². The van der Waals surface area contributed by atoms with Gasteiger partial charge in [0.2, 0.25) is 5.91 Å². The van der Waals surface area contributed by atoms with Crippen LogP contribution in [0.3, 0.4) is 0 Å². The zero-order chi connectivity index (χ0) is 18.9. The Hall–Kier alpha value is -1.88. The fraction of sp³-hybridized carbons (Fsp3) is 0.409. The molecule has 0 aliphatic carbocycles. The van der Waals surface area contributed by atoms with Gasteiger partial charge >= 0.3 is 0 Å². The van der Waals surface area contributed by atoms with Crippen molar-refractivity contribution in [3.63, 3.8) is 0 Å². The highest BCUT2D eigenvalue weighted by atomic mass is 35.5. The zero-order valence-electron chi connectivity index (χ0n) is 15.7. The third kappa shape index (κ3) is 6.98. The molecule has 1 amide bonds. The van der Waals surface area contributed by atoms with Crippen LogP contribution in [0, 0.1) is 0 Å². The molecule has 27 heavy (non-hydrogen) atoms. The molecule has 2 aromatic carbocycles. The standard InChI is InChI=1S/C22H28ClN3O/c23-21-10-4-8-20(16-21)17-25-12-14-26(15-13-25)18-22(27)24-11-5-9-19-6-2-1-3-7-19/h1-4,6-8,10,16H,5,9,11-15,17-18H2,(H,24,27). The Labute approximate surface area is 167 Å². The summed E-state index contributed by atoms with van der Waals surface area (Å²) in [4.78, 5) is 16.8. The first-order valence-corrected chi connectivity index (χ1v) is 10.1. The number of amides is 1. The molecule has 1 aliphatic rings. The summed E-state index contributed by atoms with van der Waals surface area (Å²) in [5.74, 6) is 0.131. The maximum atomic E-state index is 12.2. The SMILES string of the molecule is O=C(CN1CCN(Cc2cccc(Cl)c2)CC1)NCCCc1ccccc1. The number of carbonyl (C=O) groups is 1. The predicted octanol–water partition coefficient (Wildman–Crippen LogP) is 3.21. The van der Waals surface area contributed by atoms with Crippen molar-refractivity contribution in [2.45, 2.75) is 19.4 Å². The van der Waals surface area contributed by atoms with E-state index in [0.29, 0.717) is 6.54 Å². The van der Waals surface area contributed by atoms with Gasteiger partial charge in [0.05, 0.1) is 6.54 Å². The highest BCUT2D eigenvalue weighted by molar-refractivity contribution is 6.30. The Morgan fingerprint density at radius 3 is 2.37 bits per heavy atom. The van der Waals surface area contributed by atoms with E-state index in [1.807, 2.05) is 24.3 Å². The molecule has 2 aromatic rings. The number of halogens is 1. The van der Waals surface area contributed by atoms with Gasteiger partial charge in [-0.15, -0.1) is 0 Å². The highest BCUT2D eigenvalue weighted by Crippen LogP contribution is 2.14. The van der Waals surface area contributed by atoms with Crippen molar-refractivity contribution in [1.82, 2.24) is 15.1 Å². The van der Waals surface area contributed by atoms with Gasteiger partial charge in [0.1, 0.15) is 0 Å². The molecule has 1 saturated heterocycles. The van der Waals surface area contributed by atoms with E-state index in [0.717, 1.165) is 57.1 Å². The molecule has 0 radical (unpaired) electrons. The molecule has 0 saturated carbocycles. The summed E-state index contributed by atoms with van der Waals surface area (Å²) < 4.78 is 0. The second-order valence-electron chi connectivity index (χ2n) is 7.12. The molecule has 0 bridgehead atoms. The number of carbonyl (C=O) groups excluding carboxylic acids is 1. The molecule has 1 N–H and O–H groups in total. The molecule has 1 fully saturated rings. The fourth-order valence-electron chi connectivity index (χ4n) is 3.42. The summed E-state index contributed by atoms with van der Waals surface area (Å²) in [6.07, 6.45) is 1.98. The van der Waals surface area contributed by atoms with Crippen LogP contribution >= 0.6 is 11.6 Å². The summed E-state index contributed by atoms with van der Waals surface area (Å²) in [6, 6.07) is 18.4. The molecule has 1 aliphatic heterocycles. The number of hydrogen-bond donors (Lipinski definition) is 1. The van der Waals surface area contributed by atoms with Gasteiger partial charge in [0.25, 0.3) is 0 Å². The van der Waals surface area contributed by atoms with Crippen LogP contribution in [0.25, 0.3) is 0 Å². The number of nitrogens with one attached hydrogen (secondary N) is 1.